The summed E-state index contributed by atoms with van der Waals surface area (Å²) in [7, 11) is 0. The van der Waals surface area contributed by atoms with Gasteiger partial charge in [-0.3, -0.25) is 5.43 Å². The van der Waals surface area contributed by atoms with Crippen LogP contribution in [0.1, 0.15) is 49.3 Å². The van der Waals surface area contributed by atoms with Gasteiger partial charge in [-0.05, 0) is 32.4 Å². The quantitative estimate of drug-likeness (QED) is 0.730. The Kier molecular flexibility index (Phi) is 4.44. The van der Waals surface area contributed by atoms with Gasteiger partial charge in [0.1, 0.15) is 17.3 Å². The number of fused-ring (bicyclic) bond motifs is 1. The first kappa shape index (κ1) is 16.3. The van der Waals surface area contributed by atoms with Gasteiger partial charge in [0.25, 0.3) is 0 Å². The predicted octanol–water partition coefficient (Wildman–Crippen LogP) is 2.12. The highest BCUT2D eigenvalue weighted by atomic mass is 16.5. The summed E-state index contributed by atoms with van der Waals surface area (Å²) in [6.07, 6.45) is 0.766. The molecule has 2 aromatic rings. The number of nitrogen functional groups attached to an aromatic ring is 1. The number of aliphatic imine (C=N–C) groups is 1. The number of nitrogens with two attached hydrogens (primary N) is 1. The van der Waals surface area contributed by atoms with Crippen molar-refractivity contribution >= 4 is 11.5 Å². The number of nitrogens with one attached hydrogen (secondary N) is 1. The maximum absolute atomic E-state index is 10.5. The number of aromatic nitrogens is 2. The van der Waals surface area contributed by atoms with Gasteiger partial charge in [-0.1, -0.05) is 13.0 Å². The first-order chi connectivity index (χ1) is 11.6. The third-order valence-corrected chi connectivity index (χ3v) is 3.95. The number of hydrogen-bond donors (Lipinski definition) is 3. The van der Waals surface area contributed by atoms with Crippen molar-refractivity contribution in [2.24, 2.45) is 4.99 Å². The molecule has 0 bridgehead atoms. The molecule has 0 fully saturated rings. The van der Waals surface area contributed by atoms with Crippen LogP contribution in [0, 0.1) is 6.92 Å². The summed E-state index contributed by atoms with van der Waals surface area (Å²) < 4.78 is 7.48. The van der Waals surface area contributed by atoms with Crippen LogP contribution in [0.25, 0.3) is 0 Å². The summed E-state index contributed by atoms with van der Waals surface area (Å²) in [5, 5.41) is 10.5. The lowest BCUT2D eigenvalue weighted by molar-refractivity contribution is 0.176. The minimum atomic E-state index is -0.992. The van der Waals surface area contributed by atoms with Crippen LogP contribution in [-0.2, 0) is 6.42 Å². The zero-order valence-corrected chi connectivity index (χ0v) is 14.2. The summed E-state index contributed by atoms with van der Waals surface area (Å²) in [5.74, 6) is 1.98. The molecule has 3 rings (SSSR count). The lowest BCUT2D eigenvalue weighted by atomic mass is 10.1. The Morgan fingerprint density at radius 3 is 2.88 bits per heavy atom. The third-order valence-electron chi connectivity index (χ3n) is 3.95. The number of rotatable bonds is 5. The van der Waals surface area contributed by atoms with Gasteiger partial charge in [0.05, 0.1) is 17.9 Å². The van der Waals surface area contributed by atoms with Crippen LogP contribution >= 0.6 is 0 Å². The minimum Gasteiger partial charge on any atom is -0.493 e. The van der Waals surface area contributed by atoms with E-state index in [0.717, 1.165) is 24.4 Å². The maximum Gasteiger partial charge on any atom is 0.192 e. The van der Waals surface area contributed by atoms with Gasteiger partial charge in [-0.2, -0.15) is 0 Å². The number of aryl methyl sites for hydroxylation is 2. The fourth-order valence-corrected chi connectivity index (χ4v) is 2.94. The first-order valence-electron chi connectivity index (χ1n) is 8.19. The van der Waals surface area contributed by atoms with Gasteiger partial charge >= 0.3 is 0 Å². The van der Waals surface area contributed by atoms with Gasteiger partial charge in [0.2, 0.25) is 0 Å². The van der Waals surface area contributed by atoms with Gasteiger partial charge in [-0.15, -0.1) is 0 Å². The maximum atomic E-state index is 10.5. The smallest absolute Gasteiger partial charge is 0.192 e. The highest BCUT2D eigenvalue weighted by molar-refractivity contribution is 6.10. The fraction of sp³-hybridized carbons (Fsp3) is 0.412. The van der Waals surface area contributed by atoms with Gasteiger partial charge in [0.15, 0.2) is 12.1 Å². The van der Waals surface area contributed by atoms with Crippen LogP contribution in [0.4, 0.5) is 5.69 Å². The lowest BCUT2D eigenvalue weighted by Gasteiger charge is -2.25. The largest absolute Gasteiger partial charge is 0.493 e. The molecular weight excluding hydrogens is 306 g/mol. The number of anilines is 1. The molecule has 1 unspecified atom stereocenters. The number of ether oxygens (including phenoxy) is 1. The standard InChI is InChI=1S/C17H23N5O2/c1-4-7-13-19-10(3)15-17(23)20-16(21-22(13)15)14-11(18)8-6-9-12(14)24-5-2/h6,8-9,17,23H,4-5,7,18H2,1-3H3,(H,20,21). The molecule has 0 saturated carbocycles. The third kappa shape index (κ3) is 2.71. The summed E-state index contributed by atoms with van der Waals surface area (Å²) in [5.41, 5.74) is 12.0. The zero-order chi connectivity index (χ0) is 17.3. The van der Waals surface area contributed by atoms with Crippen molar-refractivity contribution in [2.45, 2.75) is 39.8 Å². The SMILES string of the molecule is CCCc1nc(C)c2n1NC(c1c(N)cccc1OCC)=NC2O. The number of imidazole rings is 1. The molecule has 4 N–H and O–H groups in total. The number of aliphatic hydroxyl groups is 1. The Labute approximate surface area is 141 Å². The number of hydrogen-bond acceptors (Lipinski definition) is 6. The van der Waals surface area contributed by atoms with E-state index in [1.807, 2.05) is 30.7 Å². The molecule has 128 valence electrons. The van der Waals surface area contributed by atoms with Crippen molar-refractivity contribution in [3.05, 3.63) is 41.0 Å². The number of aliphatic hydroxyl groups excluding tert-OH is 1. The van der Waals surface area contributed by atoms with Gasteiger partial charge in [0, 0.05) is 12.1 Å². The lowest BCUT2D eigenvalue weighted by Crippen LogP contribution is -2.33. The van der Waals surface area contributed by atoms with Crippen molar-refractivity contribution in [1.82, 2.24) is 9.66 Å². The number of nitrogens with zero attached hydrogens (tertiary/aromatic N) is 3. The van der Waals surface area contributed by atoms with Crippen molar-refractivity contribution < 1.29 is 9.84 Å². The Hall–Kier alpha value is -2.54. The molecule has 0 aliphatic carbocycles. The second-order valence-corrected chi connectivity index (χ2v) is 5.70. The average molecular weight is 329 g/mol. The zero-order valence-electron chi connectivity index (χ0n) is 14.2. The highest BCUT2D eigenvalue weighted by Crippen LogP contribution is 2.30. The molecule has 1 aliphatic heterocycles. The molecule has 1 aromatic carbocycles. The van der Waals surface area contributed by atoms with Crippen molar-refractivity contribution in [1.29, 1.82) is 0 Å². The molecular formula is C17H23N5O2. The summed E-state index contributed by atoms with van der Waals surface area (Å²) in [4.78, 5) is 8.92. The second-order valence-electron chi connectivity index (χ2n) is 5.70. The van der Waals surface area contributed by atoms with Crippen LogP contribution in [0.5, 0.6) is 5.75 Å². The molecule has 7 nitrogen and oxygen atoms in total. The van der Waals surface area contributed by atoms with Crippen molar-refractivity contribution in [2.75, 3.05) is 17.8 Å². The second kappa shape index (κ2) is 6.52. The van der Waals surface area contributed by atoms with E-state index in [9.17, 15) is 5.11 Å². The Balaban J connectivity index is 2.07. The topological polar surface area (TPSA) is 97.7 Å². The minimum absolute atomic E-state index is 0.478. The van der Waals surface area contributed by atoms with Crippen molar-refractivity contribution in [3.8, 4) is 5.75 Å². The molecule has 0 radical (unpaired) electrons. The van der Waals surface area contributed by atoms with Crippen LogP contribution in [0.15, 0.2) is 23.2 Å². The van der Waals surface area contributed by atoms with E-state index in [-0.39, 0.29) is 0 Å². The Morgan fingerprint density at radius 1 is 1.38 bits per heavy atom. The Morgan fingerprint density at radius 2 is 2.17 bits per heavy atom. The van der Waals surface area contributed by atoms with E-state index >= 15 is 0 Å². The number of amidine groups is 1. The van der Waals surface area contributed by atoms with E-state index in [1.165, 1.54) is 0 Å². The highest BCUT2D eigenvalue weighted by Gasteiger charge is 2.28. The summed E-state index contributed by atoms with van der Waals surface area (Å²) in [6.45, 7) is 6.39. The van der Waals surface area contributed by atoms with Crippen LogP contribution in [0.2, 0.25) is 0 Å². The van der Waals surface area contributed by atoms with Crippen molar-refractivity contribution in [3.63, 3.8) is 0 Å². The molecule has 0 spiro atoms. The summed E-state index contributed by atoms with van der Waals surface area (Å²) >= 11 is 0. The van der Waals surface area contributed by atoms with E-state index in [0.29, 0.717) is 35.1 Å². The molecule has 0 saturated heterocycles. The van der Waals surface area contributed by atoms with Crippen LogP contribution in [0.3, 0.4) is 0 Å². The average Bonchev–Trinajstić information content (AvgIpc) is 2.85. The Bertz CT molecular complexity index is 782. The normalized spacial score (nSPS) is 16.3. The summed E-state index contributed by atoms with van der Waals surface area (Å²) in [6, 6.07) is 5.46. The molecule has 7 heteroatoms. The molecule has 1 aliphatic rings. The molecule has 2 heterocycles. The van der Waals surface area contributed by atoms with E-state index in [4.69, 9.17) is 10.5 Å². The van der Waals surface area contributed by atoms with Gasteiger partial charge < -0.3 is 15.6 Å². The van der Waals surface area contributed by atoms with Crippen LogP contribution < -0.4 is 15.9 Å². The van der Waals surface area contributed by atoms with E-state index in [2.05, 4.69) is 22.3 Å². The molecule has 1 atom stereocenters. The molecule has 0 amide bonds. The monoisotopic (exact) mass is 329 g/mol. The first-order valence-corrected chi connectivity index (χ1v) is 8.19. The van der Waals surface area contributed by atoms with Gasteiger partial charge in [-0.25, -0.2) is 14.7 Å². The molecule has 24 heavy (non-hydrogen) atoms. The van der Waals surface area contributed by atoms with Crippen LogP contribution in [-0.4, -0.2) is 27.2 Å². The predicted molar refractivity (Wildman–Crippen MR) is 93.8 cm³/mol. The van der Waals surface area contributed by atoms with E-state index < -0.39 is 6.23 Å². The number of benzene rings is 1. The van der Waals surface area contributed by atoms with E-state index in [1.54, 1.807) is 6.07 Å². The fourth-order valence-electron chi connectivity index (χ4n) is 2.94. The molecule has 1 aromatic heterocycles.